The lowest BCUT2D eigenvalue weighted by Gasteiger charge is -1.99. The fourth-order valence-corrected chi connectivity index (χ4v) is 2.68. The van der Waals surface area contributed by atoms with Crippen LogP contribution in [0.25, 0.3) is 11.3 Å². The van der Waals surface area contributed by atoms with E-state index in [1.54, 1.807) is 17.4 Å². The zero-order chi connectivity index (χ0) is 13.1. The highest BCUT2D eigenvalue weighted by molar-refractivity contribution is 7.09. The molecule has 0 saturated carbocycles. The molecule has 0 saturated heterocycles. The number of nitro benzene ring substituents is 1. The Balaban J connectivity index is 2.38. The second-order valence-corrected chi connectivity index (χ2v) is 5.15. The maximum atomic E-state index is 10.8. The number of aryl methyl sites for hydroxylation is 1. The molecule has 18 heavy (non-hydrogen) atoms. The van der Waals surface area contributed by atoms with Crippen molar-refractivity contribution in [3.63, 3.8) is 0 Å². The summed E-state index contributed by atoms with van der Waals surface area (Å²) in [6.45, 7) is 2.09. The largest absolute Gasteiger partial charge is 0.288 e. The molecule has 0 bridgehead atoms. The summed E-state index contributed by atoms with van der Waals surface area (Å²) in [5.74, 6) is 0. The molecule has 0 N–H and O–H groups in total. The second kappa shape index (κ2) is 5.46. The number of benzene rings is 1. The number of halogens is 1. The van der Waals surface area contributed by atoms with Crippen molar-refractivity contribution in [3.05, 3.63) is 43.7 Å². The van der Waals surface area contributed by atoms with Gasteiger partial charge in [0.05, 0.1) is 15.6 Å². The fraction of sp³-hybridized carbons (Fsp3) is 0.250. The third-order valence-corrected chi connectivity index (χ3v) is 3.68. The molecular weight excluding hydrogens is 272 g/mol. The molecule has 2 rings (SSSR count). The maximum absolute atomic E-state index is 10.8. The Morgan fingerprint density at radius 1 is 1.50 bits per heavy atom. The number of nitro groups is 1. The molecule has 4 nitrogen and oxygen atoms in total. The van der Waals surface area contributed by atoms with Crippen LogP contribution in [0.4, 0.5) is 5.69 Å². The summed E-state index contributed by atoms with van der Waals surface area (Å²) in [7, 11) is 0. The van der Waals surface area contributed by atoms with E-state index in [9.17, 15) is 10.1 Å². The van der Waals surface area contributed by atoms with Crippen molar-refractivity contribution in [1.29, 1.82) is 0 Å². The van der Waals surface area contributed by atoms with Gasteiger partial charge in [0.15, 0.2) is 0 Å². The van der Waals surface area contributed by atoms with Crippen molar-refractivity contribution in [3.8, 4) is 11.3 Å². The van der Waals surface area contributed by atoms with Crippen LogP contribution < -0.4 is 0 Å². The van der Waals surface area contributed by atoms with Gasteiger partial charge >= 0.3 is 0 Å². The zero-order valence-corrected chi connectivity index (χ0v) is 11.3. The van der Waals surface area contributed by atoms with Crippen LogP contribution in [0, 0.1) is 10.1 Å². The number of thiazole rings is 1. The minimum Gasteiger partial charge on any atom is -0.258 e. The predicted octanol–water partition coefficient (Wildman–Crippen LogP) is 4.32. The summed E-state index contributed by atoms with van der Waals surface area (Å²) in [6, 6.07) is 4.75. The minimum atomic E-state index is -0.481. The minimum absolute atomic E-state index is 0.0841. The van der Waals surface area contributed by atoms with Gasteiger partial charge in [0.25, 0.3) is 5.69 Å². The quantitative estimate of drug-likeness (QED) is 0.620. The van der Waals surface area contributed by atoms with Crippen molar-refractivity contribution in [2.75, 3.05) is 0 Å². The topological polar surface area (TPSA) is 56.0 Å². The third-order valence-electron chi connectivity index (χ3n) is 2.45. The van der Waals surface area contributed by atoms with Crippen LogP contribution in [0.3, 0.4) is 0 Å². The molecule has 0 radical (unpaired) electrons. The van der Waals surface area contributed by atoms with Gasteiger partial charge in [0.1, 0.15) is 5.02 Å². The van der Waals surface area contributed by atoms with Crippen molar-refractivity contribution >= 4 is 28.6 Å². The Kier molecular flexibility index (Phi) is 3.93. The van der Waals surface area contributed by atoms with E-state index in [4.69, 9.17) is 11.6 Å². The van der Waals surface area contributed by atoms with Crippen LogP contribution in [-0.4, -0.2) is 9.91 Å². The van der Waals surface area contributed by atoms with Gasteiger partial charge in [-0.05, 0) is 18.9 Å². The smallest absolute Gasteiger partial charge is 0.258 e. The van der Waals surface area contributed by atoms with Gasteiger partial charge in [0.2, 0.25) is 0 Å². The summed E-state index contributed by atoms with van der Waals surface area (Å²) >= 11 is 7.35. The SMILES string of the molecule is CCCc1nc(-c2ccc(Cl)c([N+](=O)[O-])c2)cs1. The molecule has 0 aliphatic rings. The lowest BCUT2D eigenvalue weighted by molar-refractivity contribution is -0.384. The highest BCUT2D eigenvalue weighted by Crippen LogP contribution is 2.30. The van der Waals surface area contributed by atoms with Crippen molar-refractivity contribution in [2.45, 2.75) is 19.8 Å². The van der Waals surface area contributed by atoms with E-state index in [-0.39, 0.29) is 10.7 Å². The summed E-state index contributed by atoms with van der Waals surface area (Å²) in [4.78, 5) is 14.8. The van der Waals surface area contributed by atoms with Gasteiger partial charge in [-0.1, -0.05) is 24.6 Å². The summed E-state index contributed by atoms with van der Waals surface area (Å²) in [6.07, 6.45) is 1.97. The molecule has 1 heterocycles. The summed E-state index contributed by atoms with van der Waals surface area (Å²) < 4.78 is 0. The molecule has 0 aliphatic heterocycles. The highest BCUT2D eigenvalue weighted by atomic mass is 35.5. The van der Waals surface area contributed by atoms with Crippen molar-refractivity contribution in [2.24, 2.45) is 0 Å². The predicted molar refractivity (Wildman–Crippen MR) is 73.2 cm³/mol. The first-order valence-electron chi connectivity index (χ1n) is 5.50. The molecular formula is C12H11ClN2O2S. The van der Waals surface area contributed by atoms with Crippen LogP contribution in [0.15, 0.2) is 23.6 Å². The van der Waals surface area contributed by atoms with E-state index in [1.165, 1.54) is 12.1 Å². The van der Waals surface area contributed by atoms with Gasteiger partial charge in [-0.3, -0.25) is 10.1 Å². The fourth-order valence-electron chi connectivity index (χ4n) is 1.58. The first-order chi connectivity index (χ1) is 8.61. The highest BCUT2D eigenvalue weighted by Gasteiger charge is 2.14. The molecule has 94 valence electrons. The van der Waals surface area contributed by atoms with Crippen LogP contribution in [0.1, 0.15) is 18.4 Å². The number of nitrogens with zero attached hydrogens (tertiary/aromatic N) is 2. The average molecular weight is 283 g/mol. The van der Waals surface area contributed by atoms with E-state index < -0.39 is 4.92 Å². The van der Waals surface area contributed by atoms with Crippen LogP contribution in [-0.2, 0) is 6.42 Å². The summed E-state index contributed by atoms with van der Waals surface area (Å²) in [5.41, 5.74) is 1.41. The van der Waals surface area contributed by atoms with Gasteiger partial charge in [-0.2, -0.15) is 0 Å². The molecule has 2 aromatic rings. The monoisotopic (exact) mass is 282 g/mol. The first kappa shape index (κ1) is 13.0. The Morgan fingerprint density at radius 3 is 2.94 bits per heavy atom. The molecule has 0 spiro atoms. The Morgan fingerprint density at radius 2 is 2.28 bits per heavy atom. The molecule has 0 fully saturated rings. The summed E-state index contributed by atoms with van der Waals surface area (Å²) in [5, 5.41) is 13.9. The second-order valence-electron chi connectivity index (χ2n) is 3.80. The van der Waals surface area contributed by atoms with E-state index in [2.05, 4.69) is 11.9 Å². The van der Waals surface area contributed by atoms with Gasteiger partial charge in [-0.25, -0.2) is 4.98 Å². The van der Waals surface area contributed by atoms with Crippen LogP contribution in [0.5, 0.6) is 0 Å². The number of hydrogen-bond acceptors (Lipinski definition) is 4. The molecule has 0 unspecified atom stereocenters. The lowest BCUT2D eigenvalue weighted by atomic mass is 10.1. The normalized spacial score (nSPS) is 10.6. The molecule has 1 aromatic carbocycles. The van der Waals surface area contributed by atoms with Crippen molar-refractivity contribution in [1.82, 2.24) is 4.98 Å². The Labute approximate surface area is 113 Å². The van der Waals surface area contributed by atoms with Gasteiger partial charge in [0, 0.05) is 17.0 Å². The number of hydrogen-bond donors (Lipinski definition) is 0. The van der Waals surface area contributed by atoms with E-state index in [1.807, 2.05) is 5.38 Å². The van der Waals surface area contributed by atoms with Gasteiger partial charge in [-0.15, -0.1) is 11.3 Å². The Bertz CT molecular complexity index is 583. The third kappa shape index (κ3) is 2.68. The molecule has 0 aliphatic carbocycles. The van der Waals surface area contributed by atoms with Crippen LogP contribution >= 0.6 is 22.9 Å². The number of aromatic nitrogens is 1. The first-order valence-corrected chi connectivity index (χ1v) is 6.76. The molecule has 0 atom stereocenters. The van der Waals surface area contributed by atoms with Crippen LogP contribution in [0.2, 0.25) is 5.02 Å². The molecule has 0 amide bonds. The Hall–Kier alpha value is -1.46. The van der Waals surface area contributed by atoms with Gasteiger partial charge < -0.3 is 0 Å². The molecule has 6 heteroatoms. The average Bonchev–Trinajstić information content (AvgIpc) is 2.78. The maximum Gasteiger partial charge on any atom is 0.288 e. The number of rotatable bonds is 4. The lowest BCUT2D eigenvalue weighted by Crippen LogP contribution is -1.90. The van der Waals surface area contributed by atoms with E-state index >= 15 is 0 Å². The standard InChI is InChI=1S/C12H11ClN2O2S/c1-2-3-12-14-10(7-18-12)8-4-5-9(13)11(6-8)15(16)17/h4-7H,2-3H2,1H3. The van der Waals surface area contributed by atoms with E-state index in [0.29, 0.717) is 0 Å². The molecule has 1 aromatic heterocycles. The van der Waals surface area contributed by atoms with E-state index in [0.717, 1.165) is 29.1 Å². The zero-order valence-electron chi connectivity index (χ0n) is 9.72. The van der Waals surface area contributed by atoms with Crippen molar-refractivity contribution < 1.29 is 4.92 Å².